The number of nitrogens with zero attached hydrogens (tertiary/aromatic N) is 3. The Morgan fingerprint density at radius 1 is 1.26 bits per heavy atom. The van der Waals surface area contributed by atoms with Crippen LogP contribution in [0.5, 0.6) is 0 Å². The Balaban J connectivity index is 2.13. The van der Waals surface area contributed by atoms with E-state index in [9.17, 15) is 18.3 Å². The molecule has 1 saturated heterocycles. The van der Waals surface area contributed by atoms with Crippen LogP contribution in [-0.4, -0.2) is 48.8 Å². The molecule has 1 aliphatic rings. The Kier molecular flexibility index (Phi) is 5.50. The largest absolute Gasteiger partial charge is 0.418 e. The maximum atomic E-state index is 13.2. The minimum absolute atomic E-state index is 0.00535. The molecule has 0 aliphatic carbocycles. The van der Waals surface area contributed by atoms with E-state index >= 15 is 0 Å². The molecule has 23 heavy (non-hydrogen) atoms. The molecule has 0 bridgehead atoms. The number of benzene rings is 1. The number of aliphatic hydroxyl groups is 1. The Bertz CT molecular complexity index is 575. The quantitative estimate of drug-likeness (QED) is 0.923. The van der Waals surface area contributed by atoms with Crippen molar-refractivity contribution in [2.45, 2.75) is 25.6 Å². The molecule has 2 rings (SSSR count). The first-order valence-corrected chi connectivity index (χ1v) is 7.62. The summed E-state index contributed by atoms with van der Waals surface area (Å²) >= 11 is 0. The first kappa shape index (κ1) is 17.6. The highest BCUT2D eigenvalue weighted by Gasteiger charge is 2.35. The standard InChI is InChI=1S/C16H20F3N3O/c1-2-13(23)11-21-5-7-22(8-6-21)15-4-3-12(10-20)9-14(15)16(17,18)19/h3-4,9,13,23H,2,5-8,11H2,1H3. The number of hydrogen-bond donors (Lipinski definition) is 1. The zero-order valence-corrected chi connectivity index (χ0v) is 13.0. The summed E-state index contributed by atoms with van der Waals surface area (Å²) in [5.41, 5.74) is -0.642. The Labute approximate surface area is 133 Å². The van der Waals surface area contributed by atoms with Crippen molar-refractivity contribution in [3.8, 4) is 6.07 Å². The van der Waals surface area contributed by atoms with Crippen molar-refractivity contribution < 1.29 is 18.3 Å². The second kappa shape index (κ2) is 7.20. The summed E-state index contributed by atoms with van der Waals surface area (Å²) < 4.78 is 39.7. The third-order valence-corrected chi connectivity index (χ3v) is 4.08. The van der Waals surface area contributed by atoms with Crippen LogP contribution in [0.4, 0.5) is 18.9 Å². The molecule has 0 radical (unpaired) electrons. The molecule has 1 atom stereocenters. The number of nitriles is 1. The van der Waals surface area contributed by atoms with Gasteiger partial charge in [0.25, 0.3) is 0 Å². The van der Waals surface area contributed by atoms with Crippen molar-refractivity contribution in [1.82, 2.24) is 4.90 Å². The highest BCUT2D eigenvalue weighted by Crippen LogP contribution is 2.37. The maximum absolute atomic E-state index is 13.2. The van der Waals surface area contributed by atoms with Gasteiger partial charge in [-0.25, -0.2) is 0 Å². The highest BCUT2D eigenvalue weighted by molar-refractivity contribution is 5.58. The van der Waals surface area contributed by atoms with Gasteiger partial charge in [0.15, 0.2) is 0 Å². The van der Waals surface area contributed by atoms with Crippen molar-refractivity contribution in [1.29, 1.82) is 5.26 Å². The van der Waals surface area contributed by atoms with E-state index in [1.165, 1.54) is 12.1 Å². The number of rotatable bonds is 4. The van der Waals surface area contributed by atoms with Crippen molar-refractivity contribution in [3.05, 3.63) is 29.3 Å². The molecule has 1 heterocycles. The molecule has 0 amide bonds. The first-order chi connectivity index (χ1) is 10.8. The summed E-state index contributed by atoms with van der Waals surface area (Å²) in [4.78, 5) is 3.75. The van der Waals surface area contributed by atoms with Gasteiger partial charge in [0.2, 0.25) is 0 Å². The molecule has 1 unspecified atom stereocenters. The maximum Gasteiger partial charge on any atom is 0.418 e. The first-order valence-electron chi connectivity index (χ1n) is 7.62. The van der Waals surface area contributed by atoms with Crippen LogP contribution in [0.15, 0.2) is 18.2 Å². The third-order valence-electron chi connectivity index (χ3n) is 4.08. The fourth-order valence-corrected chi connectivity index (χ4v) is 2.71. The summed E-state index contributed by atoms with van der Waals surface area (Å²) in [7, 11) is 0. The van der Waals surface area contributed by atoms with Gasteiger partial charge in [0, 0.05) is 38.4 Å². The van der Waals surface area contributed by atoms with Gasteiger partial charge in [-0.3, -0.25) is 4.90 Å². The van der Waals surface area contributed by atoms with Crippen LogP contribution in [0.3, 0.4) is 0 Å². The number of β-amino-alcohol motifs (C(OH)–C–C–N with tert-alkyl or cyclic N) is 1. The molecule has 0 spiro atoms. The summed E-state index contributed by atoms with van der Waals surface area (Å²) in [6, 6.07) is 5.44. The lowest BCUT2D eigenvalue weighted by Crippen LogP contribution is -2.49. The fourth-order valence-electron chi connectivity index (χ4n) is 2.71. The zero-order chi connectivity index (χ0) is 17.0. The average Bonchev–Trinajstić information content (AvgIpc) is 2.54. The Morgan fingerprint density at radius 2 is 1.91 bits per heavy atom. The lowest BCUT2D eigenvalue weighted by molar-refractivity contribution is -0.137. The number of aliphatic hydroxyl groups excluding tert-OH is 1. The third kappa shape index (κ3) is 4.36. The van der Waals surface area contributed by atoms with Crippen LogP contribution in [0.25, 0.3) is 0 Å². The molecule has 0 saturated carbocycles. The second-order valence-corrected chi connectivity index (χ2v) is 5.69. The summed E-state index contributed by atoms with van der Waals surface area (Å²) in [6.07, 6.45) is -4.23. The van der Waals surface area contributed by atoms with Gasteiger partial charge in [-0.05, 0) is 24.6 Å². The van der Waals surface area contributed by atoms with Crippen LogP contribution < -0.4 is 4.90 Å². The molecule has 4 nitrogen and oxygen atoms in total. The SMILES string of the molecule is CCC(O)CN1CCN(c2ccc(C#N)cc2C(F)(F)F)CC1. The number of alkyl halides is 3. The van der Waals surface area contributed by atoms with Gasteiger partial charge < -0.3 is 10.0 Å². The van der Waals surface area contributed by atoms with Crippen LogP contribution >= 0.6 is 0 Å². The lowest BCUT2D eigenvalue weighted by Gasteiger charge is -2.37. The van der Waals surface area contributed by atoms with Crippen molar-refractivity contribution in [2.75, 3.05) is 37.6 Å². The highest BCUT2D eigenvalue weighted by atomic mass is 19.4. The predicted octanol–water partition coefficient (Wildman–Crippen LogP) is 2.47. The van der Waals surface area contributed by atoms with E-state index in [2.05, 4.69) is 4.90 Å². The molecule has 126 valence electrons. The predicted molar refractivity (Wildman–Crippen MR) is 81.1 cm³/mol. The number of halogens is 3. The van der Waals surface area contributed by atoms with Crippen LogP contribution in [0, 0.1) is 11.3 Å². The smallest absolute Gasteiger partial charge is 0.392 e. The fraction of sp³-hybridized carbons (Fsp3) is 0.562. The average molecular weight is 327 g/mol. The van der Waals surface area contributed by atoms with Crippen molar-refractivity contribution >= 4 is 5.69 Å². The normalized spacial score (nSPS) is 17.8. The summed E-state index contributed by atoms with van der Waals surface area (Å²) in [6.45, 7) is 4.58. The minimum Gasteiger partial charge on any atom is -0.392 e. The van der Waals surface area contributed by atoms with E-state index in [0.29, 0.717) is 39.1 Å². The lowest BCUT2D eigenvalue weighted by atomic mass is 10.1. The van der Waals surface area contributed by atoms with Gasteiger partial charge in [-0.2, -0.15) is 18.4 Å². The molecule has 1 aliphatic heterocycles. The molecule has 1 N–H and O–H groups in total. The monoisotopic (exact) mass is 327 g/mol. The topological polar surface area (TPSA) is 50.5 Å². The van der Waals surface area contributed by atoms with E-state index in [-0.39, 0.29) is 11.3 Å². The van der Waals surface area contributed by atoms with E-state index in [4.69, 9.17) is 5.26 Å². The number of piperazine rings is 1. The second-order valence-electron chi connectivity index (χ2n) is 5.69. The van der Waals surface area contributed by atoms with Crippen molar-refractivity contribution in [2.24, 2.45) is 0 Å². The Morgan fingerprint density at radius 3 is 2.43 bits per heavy atom. The van der Waals surface area contributed by atoms with Gasteiger partial charge in [-0.1, -0.05) is 6.92 Å². The van der Waals surface area contributed by atoms with E-state index < -0.39 is 17.8 Å². The number of hydrogen-bond acceptors (Lipinski definition) is 4. The molecule has 0 aromatic heterocycles. The van der Waals surface area contributed by atoms with E-state index in [1.54, 1.807) is 11.0 Å². The van der Waals surface area contributed by atoms with Gasteiger partial charge in [0.1, 0.15) is 0 Å². The molecular formula is C16H20F3N3O. The van der Waals surface area contributed by atoms with Crippen LogP contribution in [-0.2, 0) is 6.18 Å². The molecule has 1 aromatic carbocycles. The van der Waals surface area contributed by atoms with Gasteiger partial charge >= 0.3 is 6.18 Å². The zero-order valence-electron chi connectivity index (χ0n) is 13.0. The Hall–Kier alpha value is -1.78. The minimum atomic E-state index is -4.49. The molecular weight excluding hydrogens is 307 g/mol. The van der Waals surface area contributed by atoms with Gasteiger partial charge in [-0.15, -0.1) is 0 Å². The van der Waals surface area contributed by atoms with E-state index in [0.717, 1.165) is 6.07 Å². The summed E-state index contributed by atoms with van der Waals surface area (Å²) in [5.74, 6) is 0. The van der Waals surface area contributed by atoms with Gasteiger partial charge in [0.05, 0.1) is 23.3 Å². The van der Waals surface area contributed by atoms with E-state index in [1.807, 2.05) is 6.92 Å². The van der Waals surface area contributed by atoms with Crippen molar-refractivity contribution in [3.63, 3.8) is 0 Å². The van der Waals surface area contributed by atoms with Crippen LogP contribution in [0.2, 0.25) is 0 Å². The molecule has 7 heteroatoms. The molecule has 1 fully saturated rings. The summed E-state index contributed by atoms with van der Waals surface area (Å²) in [5, 5.41) is 18.5. The molecule has 1 aromatic rings. The van der Waals surface area contributed by atoms with Crippen LogP contribution in [0.1, 0.15) is 24.5 Å². The number of anilines is 1.